The van der Waals surface area contributed by atoms with Gasteiger partial charge >= 0.3 is 11.9 Å². The molecule has 40 heavy (non-hydrogen) atoms. The van der Waals surface area contributed by atoms with E-state index in [1.807, 2.05) is 0 Å². The lowest BCUT2D eigenvalue weighted by molar-refractivity contribution is -0.141. The number of nitrogens with zero attached hydrogens (tertiary/aromatic N) is 5. The highest BCUT2D eigenvalue weighted by atomic mass is 19.4. The Bertz CT molecular complexity index is 1490. The second kappa shape index (κ2) is 9.73. The highest BCUT2D eigenvalue weighted by Crippen LogP contribution is 2.39. The molecule has 2 fully saturated rings. The molecule has 3 aliphatic rings. The van der Waals surface area contributed by atoms with Crippen molar-refractivity contribution in [3.8, 4) is 17.4 Å². The number of halogens is 4. The maximum atomic E-state index is 14.7. The minimum absolute atomic E-state index is 0.0797. The first-order chi connectivity index (χ1) is 19.0. The van der Waals surface area contributed by atoms with Crippen LogP contribution in [0.3, 0.4) is 0 Å². The molecule has 2 aromatic heterocycles. The predicted octanol–water partition coefficient (Wildman–Crippen LogP) is 3.85. The Hall–Kier alpha value is -3.71. The van der Waals surface area contributed by atoms with Crippen LogP contribution in [0.15, 0.2) is 47.4 Å². The third kappa shape index (κ3) is 4.87. The maximum Gasteiger partial charge on any atom is 0.433 e. The summed E-state index contributed by atoms with van der Waals surface area (Å²) in [5.74, 6) is -0.373. The Morgan fingerprint density at radius 2 is 1.95 bits per heavy atom. The lowest BCUT2D eigenvalue weighted by Crippen LogP contribution is -2.67. The molecule has 0 saturated carbocycles. The van der Waals surface area contributed by atoms with Gasteiger partial charge in [0, 0.05) is 37.5 Å². The van der Waals surface area contributed by atoms with Crippen molar-refractivity contribution in [2.75, 3.05) is 31.2 Å². The van der Waals surface area contributed by atoms with E-state index in [-0.39, 0.29) is 35.6 Å². The van der Waals surface area contributed by atoms with E-state index < -0.39 is 23.4 Å². The largest absolute Gasteiger partial charge is 0.473 e. The summed E-state index contributed by atoms with van der Waals surface area (Å²) in [7, 11) is 0. The summed E-state index contributed by atoms with van der Waals surface area (Å²) in [5.41, 5.74) is -1.41. The summed E-state index contributed by atoms with van der Waals surface area (Å²) in [6.07, 6.45) is -3.71. The number of alkyl halides is 3. The van der Waals surface area contributed by atoms with Gasteiger partial charge in [0.05, 0.1) is 31.3 Å². The van der Waals surface area contributed by atoms with E-state index in [2.05, 4.69) is 33.6 Å². The standard InChI is InChI=1S/C27H27F4N5O4/c1-16-10-36-24-9-23(33-25(37)35(24)15-26(36,2)14-34(16)18-12-38-13-18)39-11-17-3-4-21(20(28)7-17)40-19-5-6-32-22(8-19)27(29,30)31/h3-9,16,18H,10-15H2,1-2H3/t16-,26-/m0/s1. The highest BCUT2D eigenvalue weighted by Gasteiger charge is 2.49. The first-order valence-electron chi connectivity index (χ1n) is 12.9. The summed E-state index contributed by atoms with van der Waals surface area (Å²) in [6, 6.07) is 8.28. The fourth-order valence-electron chi connectivity index (χ4n) is 5.52. The Labute approximate surface area is 226 Å². The molecule has 6 rings (SSSR count). The summed E-state index contributed by atoms with van der Waals surface area (Å²) in [5, 5.41) is 0. The quantitative estimate of drug-likeness (QED) is 0.420. The van der Waals surface area contributed by atoms with Crippen molar-refractivity contribution in [2.24, 2.45) is 0 Å². The number of ether oxygens (including phenoxy) is 3. The fourth-order valence-corrected chi connectivity index (χ4v) is 5.52. The number of benzene rings is 1. The SMILES string of the molecule is C[C@H]1CN2c3cc(OCc4ccc(Oc5ccnc(C(F)(F)F)c5)c(F)c4)nc(=O)n3C[C@]2(C)CN1C1COC1. The number of rotatable bonds is 6. The lowest BCUT2D eigenvalue weighted by Gasteiger charge is -2.52. The smallest absolute Gasteiger partial charge is 0.433 e. The lowest BCUT2D eigenvalue weighted by atomic mass is 9.93. The zero-order chi connectivity index (χ0) is 28.2. The molecule has 0 aliphatic carbocycles. The van der Waals surface area contributed by atoms with E-state index in [1.165, 1.54) is 18.2 Å². The van der Waals surface area contributed by atoms with Gasteiger partial charge in [0.1, 0.15) is 23.9 Å². The molecule has 13 heteroatoms. The molecule has 9 nitrogen and oxygen atoms in total. The molecule has 0 unspecified atom stereocenters. The highest BCUT2D eigenvalue weighted by molar-refractivity contribution is 5.50. The number of hydrogen-bond donors (Lipinski definition) is 0. The maximum absolute atomic E-state index is 14.7. The van der Waals surface area contributed by atoms with Crippen LogP contribution in [-0.2, 0) is 24.1 Å². The number of aromatic nitrogens is 3. The van der Waals surface area contributed by atoms with Crippen LogP contribution >= 0.6 is 0 Å². The Morgan fingerprint density at radius 3 is 2.65 bits per heavy atom. The van der Waals surface area contributed by atoms with Gasteiger partial charge in [-0.2, -0.15) is 18.2 Å². The zero-order valence-electron chi connectivity index (χ0n) is 21.8. The van der Waals surface area contributed by atoms with Crippen LogP contribution in [-0.4, -0.2) is 63.4 Å². The number of pyridine rings is 1. The Balaban J connectivity index is 1.15. The second-order valence-electron chi connectivity index (χ2n) is 10.7. The predicted molar refractivity (Wildman–Crippen MR) is 135 cm³/mol. The third-order valence-electron chi connectivity index (χ3n) is 7.65. The number of piperazine rings is 1. The van der Waals surface area contributed by atoms with Crippen molar-refractivity contribution in [3.63, 3.8) is 0 Å². The van der Waals surface area contributed by atoms with Crippen LogP contribution in [0.5, 0.6) is 17.4 Å². The molecule has 2 saturated heterocycles. The van der Waals surface area contributed by atoms with Gasteiger partial charge in [-0.1, -0.05) is 6.07 Å². The molecule has 0 radical (unpaired) electrons. The average molecular weight is 562 g/mol. The molecule has 3 aliphatic heterocycles. The number of hydrogen-bond acceptors (Lipinski definition) is 8. The molecule has 0 amide bonds. The van der Waals surface area contributed by atoms with E-state index >= 15 is 0 Å². The zero-order valence-corrected chi connectivity index (χ0v) is 21.8. The number of anilines is 1. The van der Waals surface area contributed by atoms with Crippen molar-refractivity contribution in [2.45, 2.75) is 50.8 Å². The van der Waals surface area contributed by atoms with Gasteiger partial charge in [0.25, 0.3) is 0 Å². The van der Waals surface area contributed by atoms with Crippen LogP contribution in [0.2, 0.25) is 0 Å². The molecule has 0 N–H and O–H groups in total. The van der Waals surface area contributed by atoms with E-state index in [0.717, 1.165) is 44.4 Å². The number of fused-ring (bicyclic) bond motifs is 3. The van der Waals surface area contributed by atoms with Crippen LogP contribution in [0.1, 0.15) is 25.1 Å². The molecule has 3 aromatic rings. The van der Waals surface area contributed by atoms with Crippen LogP contribution < -0.4 is 20.1 Å². The molecule has 1 aromatic carbocycles. The monoisotopic (exact) mass is 561 g/mol. The van der Waals surface area contributed by atoms with Crippen LogP contribution in [0.25, 0.3) is 0 Å². The van der Waals surface area contributed by atoms with Gasteiger partial charge in [-0.25, -0.2) is 9.18 Å². The fraction of sp³-hybridized carbons (Fsp3) is 0.444. The van der Waals surface area contributed by atoms with Gasteiger partial charge in [-0.05, 0) is 37.6 Å². The van der Waals surface area contributed by atoms with Gasteiger partial charge in [0.15, 0.2) is 11.6 Å². The Morgan fingerprint density at radius 1 is 1.15 bits per heavy atom. The Kier molecular flexibility index (Phi) is 6.45. The molecule has 5 heterocycles. The summed E-state index contributed by atoms with van der Waals surface area (Å²) in [6.45, 7) is 7.73. The minimum Gasteiger partial charge on any atom is -0.473 e. The third-order valence-corrected chi connectivity index (χ3v) is 7.65. The van der Waals surface area contributed by atoms with Gasteiger partial charge < -0.3 is 19.1 Å². The average Bonchev–Trinajstić information content (AvgIpc) is 3.15. The summed E-state index contributed by atoms with van der Waals surface area (Å²) < 4.78 is 71.5. The van der Waals surface area contributed by atoms with Crippen LogP contribution in [0, 0.1) is 5.82 Å². The molecule has 212 valence electrons. The van der Waals surface area contributed by atoms with Crippen molar-refractivity contribution in [3.05, 3.63) is 70.2 Å². The molecular formula is C27H27F4N5O4. The van der Waals surface area contributed by atoms with Gasteiger partial charge in [-0.15, -0.1) is 0 Å². The minimum atomic E-state index is -4.65. The first-order valence-corrected chi connectivity index (χ1v) is 12.9. The van der Waals surface area contributed by atoms with E-state index in [0.29, 0.717) is 24.2 Å². The van der Waals surface area contributed by atoms with Crippen LogP contribution in [0.4, 0.5) is 23.4 Å². The van der Waals surface area contributed by atoms with E-state index in [4.69, 9.17) is 14.2 Å². The van der Waals surface area contributed by atoms with Gasteiger partial charge in [-0.3, -0.25) is 14.5 Å². The first kappa shape index (κ1) is 26.5. The normalized spacial score (nSPS) is 22.9. The van der Waals surface area contributed by atoms with E-state index in [9.17, 15) is 22.4 Å². The van der Waals surface area contributed by atoms with Crippen molar-refractivity contribution < 1.29 is 31.8 Å². The summed E-state index contributed by atoms with van der Waals surface area (Å²) >= 11 is 0. The summed E-state index contributed by atoms with van der Waals surface area (Å²) in [4.78, 5) is 24.9. The topological polar surface area (TPSA) is 82.0 Å². The molecule has 2 atom stereocenters. The van der Waals surface area contributed by atoms with Gasteiger partial charge in [0.2, 0.25) is 5.88 Å². The van der Waals surface area contributed by atoms with E-state index in [1.54, 1.807) is 10.6 Å². The molecule has 0 spiro atoms. The van der Waals surface area contributed by atoms with Crippen molar-refractivity contribution in [1.29, 1.82) is 0 Å². The molecule has 0 bridgehead atoms. The van der Waals surface area contributed by atoms with Crippen molar-refractivity contribution >= 4 is 5.82 Å². The van der Waals surface area contributed by atoms with Crippen molar-refractivity contribution in [1.82, 2.24) is 19.4 Å². The molecular weight excluding hydrogens is 534 g/mol. The second-order valence-corrected chi connectivity index (χ2v) is 10.7.